The van der Waals surface area contributed by atoms with Gasteiger partial charge in [-0.15, -0.1) is 11.3 Å². The monoisotopic (exact) mass is 530 g/mol. The number of ketones is 1. The molecule has 1 aromatic carbocycles. The summed E-state index contributed by atoms with van der Waals surface area (Å²) in [4.78, 5) is 30.1. The largest absolute Gasteiger partial charge is 0.495 e. The minimum Gasteiger partial charge on any atom is -0.495 e. The molecule has 0 saturated carbocycles. The number of nitrogens with zero attached hydrogens (tertiary/aromatic N) is 3. The van der Waals surface area contributed by atoms with Crippen LogP contribution in [0.3, 0.4) is 0 Å². The summed E-state index contributed by atoms with van der Waals surface area (Å²) in [7, 11) is 4.67. The fraction of sp³-hybridized carbons (Fsp3) is 0.167. The van der Waals surface area contributed by atoms with E-state index in [-0.39, 0.29) is 38.8 Å². The Balaban J connectivity index is 1.68. The van der Waals surface area contributed by atoms with Crippen LogP contribution in [0.15, 0.2) is 43.2 Å². The van der Waals surface area contributed by atoms with Gasteiger partial charge < -0.3 is 14.8 Å². The van der Waals surface area contributed by atoms with E-state index in [1.807, 2.05) is 6.07 Å². The van der Waals surface area contributed by atoms with Crippen molar-refractivity contribution in [1.29, 1.82) is 0 Å². The predicted octanol–water partition coefficient (Wildman–Crippen LogP) is 5.30. The zero-order valence-electron chi connectivity index (χ0n) is 19.0. The number of rotatable bonds is 8. The molecular weight excluding hydrogens is 511 g/mol. The van der Waals surface area contributed by atoms with Gasteiger partial charge in [0.25, 0.3) is 0 Å². The van der Waals surface area contributed by atoms with E-state index in [0.717, 1.165) is 15.8 Å². The van der Waals surface area contributed by atoms with Crippen LogP contribution in [0.2, 0.25) is 10.0 Å². The molecule has 180 valence electrons. The number of aryl methyl sites for hydroxylation is 1. The highest BCUT2D eigenvalue weighted by molar-refractivity contribution is 7.21. The van der Waals surface area contributed by atoms with Gasteiger partial charge in [0.05, 0.1) is 50.8 Å². The normalized spacial score (nSPS) is 10.9. The lowest BCUT2D eigenvalue weighted by Gasteiger charge is -2.13. The summed E-state index contributed by atoms with van der Waals surface area (Å²) in [6, 6.07) is 5.18. The number of ether oxygens (including phenoxy) is 2. The Bertz CT molecular complexity index is 1450. The van der Waals surface area contributed by atoms with E-state index >= 15 is 0 Å². The van der Waals surface area contributed by atoms with Gasteiger partial charge in [0, 0.05) is 37.6 Å². The molecule has 0 saturated heterocycles. The number of halogens is 2. The zero-order chi connectivity index (χ0) is 25.3. The first-order valence-electron chi connectivity index (χ1n) is 10.2. The maximum Gasteiger partial charge on any atom is 0.247 e. The number of benzene rings is 1. The van der Waals surface area contributed by atoms with E-state index in [9.17, 15) is 9.59 Å². The quantitative estimate of drug-likeness (QED) is 0.245. The standard InChI is InChI=1S/C24H20Cl2N4O4S/c1-5-20(31)28-15-11-30(2)29-14(15)8-13-6-12-7-18(35-19(12)10-27-13)24(32)21-22(25)16(33-3)9-17(34-4)23(21)26/h5-7,9-11H,1,8H2,2-4H3,(H,28,31). The van der Waals surface area contributed by atoms with Crippen molar-refractivity contribution in [2.75, 3.05) is 19.5 Å². The number of nitrogens with one attached hydrogen (secondary N) is 1. The average Bonchev–Trinajstić information content (AvgIpc) is 3.41. The second-order valence-electron chi connectivity index (χ2n) is 7.47. The third kappa shape index (κ3) is 4.88. The number of amides is 1. The highest BCUT2D eigenvalue weighted by Crippen LogP contribution is 2.42. The number of carbonyl (C=O) groups is 2. The molecule has 3 heterocycles. The number of thiophene rings is 1. The first kappa shape index (κ1) is 24.7. The molecule has 35 heavy (non-hydrogen) atoms. The van der Waals surface area contributed by atoms with Gasteiger partial charge in [0.15, 0.2) is 0 Å². The van der Waals surface area contributed by atoms with Crippen LogP contribution < -0.4 is 14.8 Å². The Morgan fingerprint density at radius 2 is 1.86 bits per heavy atom. The van der Waals surface area contributed by atoms with Crippen molar-refractivity contribution in [1.82, 2.24) is 14.8 Å². The number of methoxy groups -OCH3 is 2. The van der Waals surface area contributed by atoms with E-state index in [1.165, 1.54) is 37.7 Å². The second-order valence-corrected chi connectivity index (χ2v) is 9.31. The molecule has 11 heteroatoms. The summed E-state index contributed by atoms with van der Waals surface area (Å²) in [6.45, 7) is 3.47. The summed E-state index contributed by atoms with van der Waals surface area (Å²) in [5.74, 6) is -0.0960. The van der Waals surface area contributed by atoms with Gasteiger partial charge in [-0.25, -0.2) is 0 Å². The van der Waals surface area contributed by atoms with Gasteiger partial charge in [-0.2, -0.15) is 5.10 Å². The molecule has 0 radical (unpaired) electrons. The number of hydrogen-bond acceptors (Lipinski definition) is 7. The zero-order valence-corrected chi connectivity index (χ0v) is 21.3. The van der Waals surface area contributed by atoms with Crippen LogP contribution in [0.25, 0.3) is 10.1 Å². The van der Waals surface area contributed by atoms with Crippen molar-refractivity contribution >= 4 is 62.0 Å². The molecule has 0 fully saturated rings. The van der Waals surface area contributed by atoms with Gasteiger partial charge in [-0.3, -0.25) is 19.3 Å². The molecule has 1 amide bonds. The molecule has 0 bridgehead atoms. The van der Waals surface area contributed by atoms with Crippen LogP contribution in [0.5, 0.6) is 11.5 Å². The number of anilines is 1. The van der Waals surface area contributed by atoms with Gasteiger partial charge in [0.2, 0.25) is 11.7 Å². The molecule has 0 aliphatic carbocycles. The van der Waals surface area contributed by atoms with E-state index in [2.05, 4.69) is 22.0 Å². The molecule has 8 nitrogen and oxygen atoms in total. The fourth-order valence-electron chi connectivity index (χ4n) is 3.53. The van der Waals surface area contributed by atoms with Crippen LogP contribution in [0.4, 0.5) is 5.69 Å². The van der Waals surface area contributed by atoms with Crippen LogP contribution in [-0.2, 0) is 18.3 Å². The van der Waals surface area contributed by atoms with Crippen molar-refractivity contribution in [2.45, 2.75) is 6.42 Å². The Kier molecular flexibility index (Phi) is 7.11. The van der Waals surface area contributed by atoms with Crippen molar-refractivity contribution in [3.05, 3.63) is 75.1 Å². The maximum absolute atomic E-state index is 13.4. The molecule has 0 spiro atoms. The smallest absolute Gasteiger partial charge is 0.247 e. The average molecular weight is 531 g/mol. The fourth-order valence-corrected chi connectivity index (χ4v) is 5.16. The van der Waals surface area contributed by atoms with E-state index in [0.29, 0.717) is 22.7 Å². The summed E-state index contributed by atoms with van der Waals surface area (Å²) in [5, 5.41) is 8.23. The second kappa shape index (κ2) is 10.1. The predicted molar refractivity (Wildman–Crippen MR) is 137 cm³/mol. The van der Waals surface area contributed by atoms with Crippen LogP contribution >= 0.6 is 34.5 Å². The Labute approximate surface area is 215 Å². The molecule has 1 N–H and O–H groups in total. The lowest BCUT2D eigenvalue weighted by Crippen LogP contribution is -2.08. The molecule has 0 aliphatic rings. The van der Waals surface area contributed by atoms with Gasteiger partial charge in [-0.1, -0.05) is 29.8 Å². The van der Waals surface area contributed by atoms with Crippen molar-refractivity contribution in [2.24, 2.45) is 7.05 Å². The SMILES string of the molecule is C=CC(=O)Nc1cn(C)nc1Cc1cc2cc(C(=O)c3c(Cl)c(OC)cc(OC)c3Cl)sc2cn1. The van der Waals surface area contributed by atoms with Gasteiger partial charge in [0.1, 0.15) is 11.5 Å². The maximum atomic E-state index is 13.4. The topological polar surface area (TPSA) is 95.3 Å². The minimum absolute atomic E-state index is 0.111. The summed E-state index contributed by atoms with van der Waals surface area (Å²) in [6.07, 6.45) is 4.99. The van der Waals surface area contributed by atoms with E-state index < -0.39 is 0 Å². The molecule has 0 atom stereocenters. The molecular formula is C24H20Cl2N4O4S. The van der Waals surface area contributed by atoms with Crippen LogP contribution in [-0.4, -0.2) is 40.7 Å². The third-order valence-electron chi connectivity index (χ3n) is 5.18. The lowest BCUT2D eigenvalue weighted by molar-refractivity contribution is -0.111. The first-order valence-corrected chi connectivity index (χ1v) is 11.8. The van der Waals surface area contributed by atoms with Crippen molar-refractivity contribution in [3.8, 4) is 11.5 Å². The van der Waals surface area contributed by atoms with Gasteiger partial charge in [-0.05, 0) is 23.6 Å². The molecule has 0 unspecified atom stereocenters. The molecule has 4 rings (SSSR count). The first-order chi connectivity index (χ1) is 16.7. The van der Waals surface area contributed by atoms with Crippen molar-refractivity contribution in [3.63, 3.8) is 0 Å². The highest BCUT2D eigenvalue weighted by atomic mass is 35.5. The Hall–Kier alpha value is -3.40. The number of aromatic nitrogens is 3. The molecule has 0 aliphatic heterocycles. The number of pyridine rings is 1. The molecule has 4 aromatic rings. The summed E-state index contributed by atoms with van der Waals surface area (Å²) >= 11 is 14.1. The summed E-state index contributed by atoms with van der Waals surface area (Å²) < 4.78 is 13.0. The van der Waals surface area contributed by atoms with Gasteiger partial charge >= 0.3 is 0 Å². The number of fused-ring (bicyclic) bond motifs is 1. The van der Waals surface area contributed by atoms with Crippen molar-refractivity contribution < 1.29 is 19.1 Å². The Morgan fingerprint density at radius 1 is 1.17 bits per heavy atom. The highest BCUT2D eigenvalue weighted by Gasteiger charge is 2.25. The van der Waals surface area contributed by atoms with E-state index in [4.69, 9.17) is 32.7 Å². The Morgan fingerprint density at radius 3 is 2.49 bits per heavy atom. The lowest BCUT2D eigenvalue weighted by atomic mass is 10.1. The van der Waals surface area contributed by atoms with Crippen LogP contribution in [0, 0.1) is 0 Å². The van der Waals surface area contributed by atoms with Crippen LogP contribution in [0.1, 0.15) is 26.6 Å². The third-order valence-corrected chi connectivity index (χ3v) is 7.02. The summed E-state index contributed by atoms with van der Waals surface area (Å²) in [5.41, 5.74) is 2.07. The molecule has 3 aromatic heterocycles. The number of hydrogen-bond donors (Lipinski definition) is 1. The number of carbonyl (C=O) groups excluding carboxylic acids is 2. The minimum atomic E-state index is -0.348. The van der Waals surface area contributed by atoms with E-state index in [1.54, 1.807) is 30.2 Å².